The number of allylic oxidation sites excluding steroid dienone is 1. The van der Waals surface area contributed by atoms with Gasteiger partial charge in [-0.25, -0.2) is 4.39 Å². The van der Waals surface area contributed by atoms with Crippen molar-refractivity contribution in [2.75, 3.05) is 6.54 Å². The minimum atomic E-state index is -0.421. The van der Waals surface area contributed by atoms with Gasteiger partial charge in [-0.1, -0.05) is 11.6 Å². The van der Waals surface area contributed by atoms with Crippen molar-refractivity contribution in [2.24, 2.45) is 0 Å². The van der Waals surface area contributed by atoms with Crippen molar-refractivity contribution >= 4 is 21.8 Å². The van der Waals surface area contributed by atoms with Crippen LogP contribution in [0, 0.1) is 5.82 Å². The van der Waals surface area contributed by atoms with Gasteiger partial charge in [-0.3, -0.25) is 4.79 Å². The molecule has 0 aliphatic rings. The lowest BCUT2D eigenvalue weighted by atomic mass is 10.2. The number of carbonyl (C=O) groups is 1. The summed E-state index contributed by atoms with van der Waals surface area (Å²) in [4.78, 5) is 11.7. The second-order valence-corrected chi connectivity index (χ2v) is 4.47. The number of rotatable bonds is 3. The molecule has 0 fully saturated rings. The van der Waals surface area contributed by atoms with Crippen molar-refractivity contribution in [1.82, 2.24) is 5.32 Å². The van der Waals surface area contributed by atoms with E-state index in [2.05, 4.69) is 21.2 Å². The predicted octanol–water partition coefficient (Wildman–Crippen LogP) is 3.28. The first kappa shape index (κ1) is 12.9. The standard InChI is InChI=1S/C12H13BrFNO/c1-8(2)5-6-15-12(16)10-7-9(14)3-4-11(10)13/h3-5,7H,6H2,1-2H3,(H,15,16). The van der Waals surface area contributed by atoms with E-state index >= 15 is 0 Å². The highest BCUT2D eigenvalue weighted by atomic mass is 79.9. The van der Waals surface area contributed by atoms with Crippen LogP contribution in [0.25, 0.3) is 0 Å². The van der Waals surface area contributed by atoms with Crippen LogP contribution in [0.1, 0.15) is 24.2 Å². The molecule has 0 heterocycles. The van der Waals surface area contributed by atoms with Crippen LogP contribution < -0.4 is 5.32 Å². The molecule has 1 aromatic carbocycles. The third-order valence-corrected chi connectivity index (χ3v) is 2.64. The topological polar surface area (TPSA) is 29.1 Å². The fourth-order valence-electron chi connectivity index (χ4n) is 1.11. The van der Waals surface area contributed by atoms with Crippen LogP contribution in [-0.4, -0.2) is 12.5 Å². The van der Waals surface area contributed by atoms with E-state index < -0.39 is 5.82 Å². The first-order valence-corrected chi connectivity index (χ1v) is 5.66. The van der Waals surface area contributed by atoms with Crippen molar-refractivity contribution in [3.05, 3.63) is 45.7 Å². The van der Waals surface area contributed by atoms with Gasteiger partial charge in [0.05, 0.1) is 5.56 Å². The molecule has 0 saturated carbocycles. The maximum atomic E-state index is 12.9. The van der Waals surface area contributed by atoms with Gasteiger partial charge < -0.3 is 5.32 Å². The van der Waals surface area contributed by atoms with Crippen molar-refractivity contribution < 1.29 is 9.18 Å². The molecule has 1 N–H and O–H groups in total. The molecular formula is C12H13BrFNO. The van der Waals surface area contributed by atoms with Crippen LogP contribution in [0.5, 0.6) is 0 Å². The van der Waals surface area contributed by atoms with E-state index in [1.54, 1.807) is 0 Å². The van der Waals surface area contributed by atoms with Crippen LogP contribution in [0.15, 0.2) is 34.3 Å². The molecule has 0 aliphatic carbocycles. The average molecular weight is 286 g/mol. The minimum Gasteiger partial charge on any atom is -0.349 e. The number of halogens is 2. The Morgan fingerprint density at radius 1 is 1.50 bits per heavy atom. The van der Waals surface area contributed by atoms with E-state index in [0.717, 1.165) is 5.57 Å². The number of nitrogens with one attached hydrogen (secondary N) is 1. The zero-order valence-electron chi connectivity index (χ0n) is 9.18. The highest BCUT2D eigenvalue weighted by Gasteiger charge is 2.09. The monoisotopic (exact) mass is 285 g/mol. The summed E-state index contributed by atoms with van der Waals surface area (Å²) in [5.74, 6) is -0.709. The van der Waals surface area contributed by atoms with Crippen LogP contribution >= 0.6 is 15.9 Å². The fourth-order valence-corrected chi connectivity index (χ4v) is 1.54. The zero-order chi connectivity index (χ0) is 12.1. The number of amides is 1. The smallest absolute Gasteiger partial charge is 0.252 e. The summed E-state index contributed by atoms with van der Waals surface area (Å²) in [5, 5.41) is 2.69. The van der Waals surface area contributed by atoms with E-state index in [9.17, 15) is 9.18 Å². The molecule has 0 aromatic heterocycles. The van der Waals surface area contributed by atoms with E-state index in [4.69, 9.17) is 0 Å². The summed E-state index contributed by atoms with van der Waals surface area (Å²) in [6.45, 7) is 4.35. The van der Waals surface area contributed by atoms with E-state index in [1.165, 1.54) is 18.2 Å². The predicted molar refractivity (Wildman–Crippen MR) is 65.9 cm³/mol. The molecule has 1 amide bonds. The van der Waals surface area contributed by atoms with E-state index in [0.29, 0.717) is 16.6 Å². The largest absolute Gasteiger partial charge is 0.349 e. The van der Waals surface area contributed by atoms with Gasteiger partial charge in [-0.05, 0) is 48.0 Å². The van der Waals surface area contributed by atoms with Gasteiger partial charge in [0.15, 0.2) is 0 Å². The molecular weight excluding hydrogens is 273 g/mol. The molecule has 0 spiro atoms. The molecule has 0 radical (unpaired) electrons. The number of hydrogen-bond donors (Lipinski definition) is 1. The maximum Gasteiger partial charge on any atom is 0.252 e. The quantitative estimate of drug-likeness (QED) is 0.849. The average Bonchev–Trinajstić information content (AvgIpc) is 2.21. The summed E-state index contributed by atoms with van der Waals surface area (Å²) in [5.41, 5.74) is 1.43. The summed E-state index contributed by atoms with van der Waals surface area (Å²) < 4.78 is 13.5. The highest BCUT2D eigenvalue weighted by molar-refractivity contribution is 9.10. The molecule has 86 valence electrons. The van der Waals surface area contributed by atoms with Crippen LogP contribution in [0.4, 0.5) is 4.39 Å². The Bertz CT molecular complexity index is 425. The minimum absolute atomic E-state index is 0.288. The Balaban J connectivity index is 2.73. The summed E-state index contributed by atoms with van der Waals surface area (Å²) >= 11 is 3.21. The lowest BCUT2D eigenvalue weighted by Gasteiger charge is -2.05. The Morgan fingerprint density at radius 2 is 2.19 bits per heavy atom. The molecule has 1 aromatic rings. The van der Waals surface area contributed by atoms with Crippen molar-refractivity contribution in [1.29, 1.82) is 0 Å². The lowest BCUT2D eigenvalue weighted by Crippen LogP contribution is -2.24. The van der Waals surface area contributed by atoms with Crippen LogP contribution in [0.3, 0.4) is 0 Å². The molecule has 0 bridgehead atoms. The number of hydrogen-bond acceptors (Lipinski definition) is 1. The highest BCUT2D eigenvalue weighted by Crippen LogP contribution is 2.17. The molecule has 0 unspecified atom stereocenters. The Hall–Kier alpha value is -1.16. The second-order valence-electron chi connectivity index (χ2n) is 3.62. The number of benzene rings is 1. The van der Waals surface area contributed by atoms with Gasteiger partial charge in [0.2, 0.25) is 0 Å². The Labute approximate surface area is 103 Å². The Morgan fingerprint density at radius 3 is 2.81 bits per heavy atom. The summed E-state index contributed by atoms with van der Waals surface area (Å²) in [6.07, 6.45) is 1.89. The van der Waals surface area contributed by atoms with E-state index in [1.807, 2.05) is 19.9 Å². The fraction of sp³-hybridized carbons (Fsp3) is 0.250. The number of carbonyl (C=O) groups excluding carboxylic acids is 1. The summed E-state index contributed by atoms with van der Waals surface area (Å²) in [7, 11) is 0. The Kier molecular flexibility index (Phi) is 4.68. The molecule has 2 nitrogen and oxygen atoms in total. The SMILES string of the molecule is CC(C)=CCNC(=O)c1cc(F)ccc1Br. The molecule has 1 rings (SSSR count). The third-order valence-electron chi connectivity index (χ3n) is 1.95. The molecule has 0 saturated heterocycles. The maximum absolute atomic E-state index is 12.9. The van der Waals surface area contributed by atoms with Crippen molar-refractivity contribution in [3.63, 3.8) is 0 Å². The van der Waals surface area contributed by atoms with Gasteiger partial charge in [0.1, 0.15) is 5.82 Å². The van der Waals surface area contributed by atoms with Crippen molar-refractivity contribution in [3.8, 4) is 0 Å². The van der Waals surface area contributed by atoms with Gasteiger partial charge in [-0.2, -0.15) is 0 Å². The van der Waals surface area contributed by atoms with E-state index in [-0.39, 0.29) is 5.91 Å². The summed E-state index contributed by atoms with van der Waals surface area (Å²) in [6, 6.07) is 4.03. The molecule has 0 aliphatic heterocycles. The normalized spacial score (nSPS) is 9.75. The van der Waals surface area contributed by atoms with Crippen LogP contribution in [0.2, 0.25) is 0 Å². The van der Waals surface area contributed by atoms with Gasteiger partial charge in [0.25, 0.3) is 5.91 Å². The molecule has 16 heavy (non-hydrogen) atoms. The zero-order valence-corrected chi connectivity index (χ0v) is 10.8. The van der Waals surface area contributed by atoms with Gasteiger partial charge >= 0.3 is 0 Å². The molecule has 4 heteroatoms. The molecule has 0 atom stereocenters. The first-order valence-electron chi connectivity index (χ1n) is 4.87. The van der Waals surface area contributed by atoms with Crippen molar-refractivity contribution in [2.45, 2.75) is 13.8 Å². The third kappa shape index (κ3) is 3.77. The lowest BCUT2D eigenvalue weighted by molar-refractivity contribution is 0.0956. The van der Waals surface area contributed by atoms with Crippen LogP contribution in [-0.2, 0) is 0 Å². The van der Waals surface area contributed by atoms with Gasteiger partial charge in [-0.15, -0.1) is 0 Å². The first-order chi connectivity index (χ1) is 7.50. The second kappa shape index (κ2) is 5.80. The van der Waals surface area contributed by atoms with Gasteiger partial charge in [0, 0.05) is 11.0 Å².